The van der Waals surface area contributed by atoms with Gasteiger partial charge in [-0.25, -0.2) is 0 Å². The predicted molar refractivity (Wildman–Crippen MR) is 113 cm³/mol. The van der Waals surface area contributed by atoms with Crippen LogP contribution in [0.2, 0.25) is 0 Å². The number of hydrogen-bond donors (Lipinski definition) is 1. The Morgan fingerprint density at radius 2 is 1.90 bits per heavy atom. The average Bonchev–Trinajstić information content (AvgIpc) is 2.78. The number of likely N-dealkylation sites (tertiary alicyclic amines) is 1. The Bertz CT molecular complexity index is 841. The van der Waals surface area contributed by atoms with Crippen molar-refractivity contribution in [1.29, 1.82) is 0 Å². The van der Waals surface area contributed by atoms with Gasteiger partial charge in [0, 0.05) is 24.2 Å². The van der Waals surface area contributed by atoms with E-state index >= 15 is 0 Å². The molecular formula is C24H29NO4. The summed E-state index contributed by atoms with van der Waals surface area (Å²) >= 11 is 0. The molecule has 1 saturated heterocycles. The zero-order valence-corrected chi connectivity index (χ0v) is 17.1. The van der Waals surface area contributed by atoms with Crippen LogP contribution in [0.3, 0.4) is 0 Å². The summed E-state index contributed by atoms with van der Waals surface area (Å²) in [6.45, 7) is 5.03. The van der Waals surface area contributed by atoms with E-state index < -0.39 is 6.10 Å². The minimum absolute atomic E-state index is 0.0242. The topological polar surface area (TPSA) is 59.0 Å². The van der Waals surface area contributed by atoms with Crippen molar-refractivity contribution in [2.75, 3.05) is 27.3 Å². The van der Waals surface area contributed by atoms with E-state index in [0.717, 1.165) is 24.0 Å². The highest BCUT2D eigenvalue weighted by Gasteiger charge is 2.29. The monoisotopic (exact) mass is 395 g/mol. The summed E-state index contributed by atoms with van der Waals surface area (Å²) in [6.07, 6.45) is 3.42. The first-order chi connectivity index (χ1) is 14.1. The van der Waals surface area contributed by atoms with Crippen LogP contribution in [-0.4, -0.2) is 43.2 Å². The fourth-order valence-electron chi connectivity index (χ4n) is 4.00. The zero-order valence-electron chi connectivity index (χ0n) is 17.1. The molecule has 1 atom stereocenters. The fraction of sp³-hybridized carbons (Fsp3) is 0.375. The van der Waals surface area contributed by atoms with Crippen molar-refractivity contribution >= 4 is 5.91 Å². The summed E-state index contributed by atoms with van der Waals surface area (Å²) in [5, 5.41) is 10.7. The van der Waals surface area contributed by atoms with Crippen LogP contribution in [0.1, 0.15) is 40.4 Å². The minimum Gasteiger partial charge on any atom is -0.493 e. The van der Waals surface area contributed by atoms with Crippen LogP contribution in [0.15, 0.2) is 55.1 Å². The fourth-order valence-corrected chi connectivity index (χ4v) is 4.00. The van der Waals surface area contributed by atoms with E-state index in [1.54, 1.807) is 26.4 Å². The lowest BCUT2D eigenvalue weighted by Gasteiger charge is -2.34. The third-order valence-corrected chi connectivity index (χ3v) is 5.58. The van der Waals surface area contributed by atoms with Crippen LogP contribution in [0, 0.1) is 5.92 Å². The van der Waals surface area contributed by atoms with Gasteiger partial charge in [-0.15, -0.1) is 6.58 Å². The number of rotatable bonds is 7. The number of carbonyl (C=O) groups is 1. The van der Waals surface area contributed by atoms with Gasteiger partial charge in [0.05, 0.1) is 20.3 Å². The molecular weight excluding hydrogens is 366 g/mol. The molecule has 5 heteroatoms. The van der Waals surface area contributed by atoms with Gasteiger partial charge in [-0.3, -0.25) is 4.79 Å². The van der Waals surface area contributed by atoms with Gasteiger partial charge in [0.15, 0.2) is 11.5 Å². The highest BCUT2D eigenvalue weighted by molar-refractivity contribution is 5.95. The molecule has 0 radical (unpaired) electrons. The molecule has 5 nitrogen and oxygen atoms in total. The molecule has 1 unspecified atom stereocenters. The smallest absolute Gasteiger partial charge is 0.254 e. The predicted octanol–water partition coefficient (Wildman–Crippen LogP) is 4.02. The molecule has 0 spiro atoms. The number of aliphatic hydroxyl groups is 1. The molecule has 0 saturated carbocycles. The molecule has 3 rings (SSSR count). The molecule has 0 bridgehead atoms. The Kier molecular flexibility index (Phi) is 6.94. The molecule has 2 aromatic rings. The highest BCUT2D eigenvalue weighted by Crippen LogP contribution is 2.35. The molecule has 1 aliphatic rings. The molecule has 0 aliphatic carbocycles. The maximum Gasteiger partial charge on any atom is 0.254 e. The first-order valence-corrected chi connectivity index (χ1v) is 9.97. The van der Waals surface area contributed by atoms with Gasteiger partial charge in [0.2, 0.25) is 0 Å². The zero-order chi connectivity index (χ0) is 20.8. The summed E-state index contributed by atoms with van der Waals surface area (Å²) in [7, 11) is 3.16. The second kappa shape index (κ2) is 9.61. The summed E-state index contributed by atoms with van der Waals surface area (Å²) in [4.78, 5) is 15.0. The summed E-state index contributed by atoms with van der Waals surface area (Å²) in [5.41, 5.74) is 2.40. The SMILES string of the molecule is C=CCc1cc(C(=O)N2CCC(C(O)c3ccccc3)CC2)cc(OC)c1OC. The van der Waals surface area contributed by atoms with Crippen molar-refractivity contribution in [2.24, 2.45) is 5.92 Å². The van der Waals surface area contributed by atoms with Gasteiger partial charge < -0.3 is 19.5 Å². The number of aliphatic hydroxyl groups excluding tert-OH is 1. The normalized spacial score (nSPS) is 15.6. The molecule has 1 fully saturated rings. The molecule has 2 aromatic carbocycles. The van der Waals surface area contributed by atoms with Gasteiger partial charge in [0.25, 0.3) is 5.91 Å². The summed E-state index contributed by atoms with van der Waals surface area (Å²) < 4.78 is 10.9. The second-order valence-corrected chi connectivity index (χ2v) is 7.35. The Hall–Kier alpha value is -2.79. The number of carbonyl (C=O) groups excluding carboxylic acids is 1. The van der Waals surface area contributed by atoms with Crippen molar-refractivity contribution in [3.63, 3.8) is 0 Å². The molecule has 1 aliphatic heterocycles. The van der Waals surface area contributed by atoms with Crippen LogP contribution in [-0.2, 0) is 6.42 Å². The van der Waals surface area contributed by atoms with Crippen molar-refractivity contribution in [1.82, 2.24) is 4.90 Å². The second-order valence-electron chi connectivity index (χ2n) is 7.35. The number of benzene rings is 2. The minimum atomic E-state index is -0.492. The third kappa shape index (κ3) is 4.62. The van der Waals surface area contributed by atoms with E-state index in [2.05, 4.69) is 6.58 Å². The first-order valence-electron chi connectivity index (χ1n) is 9.97. The Morgan fingerprint density at radius 3 is 2.48 bits per heavy atom. The molecule has 29 heavy (non-hydrogen) atoms. The first kappa shape index (κ1) is 20.9. The maximum absolute atomic E-state index is 13.1. The highest BCUT2D eigenvalue weighted by atomic mass is 16.5. The lowest BCUT2D eigenvalue weighted by atomic mass is 9.87. The largest absolute Gasteiger partial charge is 0.493 e. The molecule has 154 valence electrons. The van der Waals surface area contributed by atoms with E-state index in [0.29, 0.717) is 36.6 Å². The molecule has 1 N–H and O–H groups in total. The number of ether oxygens (including phenoxy) is 2. The van der Waals surface area contributed by atoms with Gasteiger partial charge in [0.1, 0.15) is 0 Å². The number of piperidine rings is 1. The number of methoxy groups -OCH3 is 2. The quantitative estimate of drug-likeness (QED) is 0.720. The van der Waals surface area contributed by atoms with Gasteiger partial charge in [-0.1, -0.05) is 36.4 Å². The van der Waals surface area contributed by atoms with E-state index in [-0.39, 0.29) is 11.8 Å². The molecule has 1 amide bonds. The van der Waals surface area contributed by atoms with Crippen LogP contribution >= 0.6 is 0 Å². The van der Waals surface area contributed by atoms with Gasteiger partial charge >= 0.3 is 0 Å². The Morgan fingerprint density at radius 1 is 1.21 bits per heavy atom. The van der Waals surface area contributed by atoms with Crippen LogP contribution in [0.4, 0.5) is 0 Å². The van der Waals surface area contributed by atoms with E-state index in [1.165, 1.54) is 0 Å². The number of amides is 1. The van der Waals surface area contributed by atoms with Crippen molar-refractivity contribution in [3.8, 4) is 11.5 Å². The Labute approximate surface area is 172 Å². The standard InChI is InChI=1S/C24H29NO4/c1-4-8-19-15-20(16-21(28-2)23(19)29-3)24(27)25-13-11-18(12-14-25)22(26)17-9-6-5-7-10-17/h4-7,9-10,15-16,18,22,26H,1,8,11-14H2,2-3H3. The maximum atomic E-state index is 13.1. The van der Waals surface area contributed by atoms with E-state index in [4.69, 9.17) is 9.47 Å². The van der Waals surface area contributed by atoms with Crippen molar-refractivity contribution < 1.29 is 19.4 Å². The lowest BCUT2D eigenvalue weighted by molar-refractivity contribution is 0.0462. The van der Waals surface area contributed by atoms with Crippen molar-refractivity contribution in [3.05, 3.63) is 71.8 Å². The van der Waals surface area contributed by atoms with Crippen molar-refractivity contribution in [2.45, 2.75) is 25.4 Å². The Balaban J connectivity index is 1.72. The van der Waals surface area contributed by atoms with E-state index in [1.807, 2.05) is 41.3 Å². The number of allylic oxidation sites excluding steroid dienone is 1. The molecule has 1 heterocycles. The lowest BCUT2D eigenvalue weighted by Crippen LogP contribution is -2.39. The average molecular weight is 395 g/mol. The number of hydrogen-bond acceptors (Lipinski definition) is 4. The van der Waals surface area contributed by atoms with Crippen LogP contribution in [0.25, 0.3) is 0 Å². The number of nitrogens with zero attached hydrogens (tertiary/aromatic N) is 1. The van der Waals surface area contributed by atoms with Gasteiger partial charge in [-0.05, 0) is 42.9 Å². The van der Waals surface area contributed by atoms with E-state index in [9.17, 15) is 9.90 Å². The third-order valence-electron chi connectivity index (χ3n) is 5.58. The van der Waals surface area contributed by atoms with Gasteiger partial charge in [-0.2, -0.15) is 0 Å². The molecule has 0 aromatic heterocycles. The summed E-state index contributed by atoms with van der Waals surface area (Å²) in [6, 6.07) is 13.3. The van der Waals surface area contributed by atoms with Crippen LogP contribution in [0.5, 0.6) is 11.5 Å². The van der Waals surface area contributed by atoms with Crippen LogP contribution < -0.4 is 9.47 Å². The summed E-state index contributed by atoms with van der Waals surface area (Å²) in [5.74, 6) is 1.31.